The standard InChI is InChI=1S/C14H17ClFNO2/c15-12-5-11(6-13(16)8-12)9-17-3-1-10(2-4-17)7-14(18)19/h5-6,8,10H,1-4,7,9H2,(H,18,19). The van der Waals surface area contributed by atoms with Gasteiger partial charge in [0.15, 0.2) is 0 Å². The van der Waals surface area contributed by atoms with Crippen molar-refractivity contribution in [3.63, 3.8) is 0 Å². The molecule has 0 saturated carbocycles. The highest BCUT2D eigenvalue weighted by Gasteiger charge is 2.21. The van der Waals surface area contributed by atoms with E-state index in [1.54, 1.807) is 6.07 Å². The number of benzene rings is 1. The quantitative estimate of drug-likeness (QED) is 0.924. The van der Waals surface area contributed by atoms with Gasteiger partial charge in [0, 0.05) is 18.0 Å². The van der Waals surface area contributed by atoms with Gasteiger partial charge in [-0.15, -0.1) is 0 Å². The Balaban J connectivity index is 1.86. The summed E-state index contributed by atoms with van der Waals surface area (Å²) in [6, 6.07) is 4.56. The molecule has 1 aromatic carbocycles. The summed E-state index contributed by atoms with van der Waals surface area (Å²) >= 11 is 5.82. The number of likely N-dealkylation sites (tertiary alicyclic amines) is 1. The average molecular weight is 286 g/mol. The zero-order chi connectivity index (χ0) is 13.8. The van der Waals surface area contributed by atoms with Crippen molar-refractivity contribution in [3.05, 3.63) is 34.6 Å². The second kappa shape index (κ2) is 6.35. The Bertz CT molecular complexity index is 439. The maximum absolute atomic E-state index is 13.2. The number of hydrogen-bond acceptors (Lipinski definition) is 2. The molecule has 0 atom stereocenters. The van der Waals surface area contributed by atoms with Crippen molar-refractivity contribution >= 4 is 17.6 Å². The molecule has 0 spiro atoms. The van der Waals surface area contributed by atoms with E-state index in [0.717, 1.165) is 31.5 Å². The fourth-order valence-electron chi connectivity index (χ4n) is 2.56. The van der Waals surface area contributed by atoms with E-state index < -0.39 is 5.97 Å². The van der Waals surface area contributed by atoms with E-state index in [4.69, 9.17) is 16.7 Å². The Morgan fingerprint density at radius 3 is 2.63 bits per heavy atom. The highest BCUT2D eigenvalue weighted by Crippen LogP contribution is 2.23. The maximum Gasteiger partial charge on any atom is 0.303 e. The Kier molecular flexibility index (Phi) is 4.77. The number of aliphatic carboxylic acids is 1. The minimum atomic E-state index is -0.727. The molecular formula is C14H17ClFNO2. The zero-order valence-corrected chi connectivity index (χ0v) is 11.4. The lowest BCUT2D eigenvalue weighted by molar-refractivity contribution is -0.138. The number of carboxylic acids is 1. The van der Waals surface area contributed by atoms with Crippen LogP contribution in [0.25, 0.3) is 0 Å². The number of halogens is 2. The molecule has 0 radical (unpaired) electrons. The fourth-order valence-corrected chi connectivity index (χ4v) is 2.80. The molecule has 3 nitrogen and oxygen atoms in total. The number of carbonyl (C=O) groups is 1. The molecule has 0 bridgehead atoms. The van der Waals surface area contributed by atoms with Crippen LogP contribution in [0.4, 0.5) is 4.39 Å². The second-order valence-corrected chi connectivity index (χ2v) is 5.53. The minimum absolute atomic E-state index is 0.250. The summed E-state index contributed by atoms with van der Waals surface area (Å²) in [7, 11) is 0. The van der Waals surface area contributed by atoms with Crippen molar-refractivity contribution in [1.29, 1.82) is 0 Å². The third kappa shape index (κ3) is 4.48. The minimum Gasteiger partial charge on any atom is -0.481 e. The van der Waals surface area contributed by atoms with Crippen LogP contribution < -0.4 is 0 Å². The Morgan fingerprint density at radius 1 is 1.37 bits per heavy atom. The molecule has 1 fully saturated rings. The summed E-state index contributed by atoms with van der Waals surface area (Å²) in [6.45, 7) is 2.37. The predicted molar refractivity (Wildman–Crippen MR) is 71.7 cm³/mol. The Morgan fingerprint density at radius 2 is 2.05 bits per heavy atom. The summed E-state index contributed by atoms with van der Waals surface area (Å²) in [5.74, 6) is -0.775. The van der Waals surface area contributed by atoms with Crippen molar-refractivity contribution in [1.82, 2.24) is 4.90 Å². The number of hydrogen-bond donors (Lipinski definition) is 1. The third-order valence-corrected chi connectivity index (χ3v) is 3.72. The van der Waals surface area contributed by atoms with E-state index >= 15 is 0 Å². The monoisotopic (exact) mass is 285 g/mol. The lowest BCUT2D eigenvalue weighted by Crippen LogP contribution is -2.33. The molecule has 1 aromatic rings. The largest absolute Gasteiger partial charge is 0.481 e. The molecule has 5 heteroatoms. The summed E-state index contributed by atoms with van der Waals surface area (Å²) in [5.41, 5.74) is 0.863. The number of carboxylic acid groups (broad SMARTS) is 1. The van der Waals surface area contributed by atoms with Crippen LogP contribution in [0, 0.1) is 11.7 Å². The lowest BCUT2D eigenvalue weighted by Gasteiger charge is -2.31. The molecule has 0 aromatic heterocycles. The van der Waals surface area contributed by atoms with E-state index in [-0.39, 0.29) is 18.2 Å². The molecule has 1 saturated heterocycles. The predicted octanol–water partition coefficient (Wildman–Crippen LogP) is 3.17. The van der Waals surface area contributed by atoms with Gasteiger partial charge in [-0.1, -0.05) is 11.6 Å². The van der Waals surface area contributed by atoms with Crippen LogP contribution in [0.5, 0.6) is 0 Å². The van der Waals surface area contributed by atoms with Crippen LogP contribution in [0.2, 0.25) is 5.02 Å². The molecule has 1 N–H and O–H groups in total. The summed E-state index contributed by atoms with van der Waals surface area (Å²) < 4.78 is 13.2. The van der Waals surface area contributed by atoms with Crippen LogP contribution >= 0.6 is 11.6 Å². The van der Waals surface area contributed by atoms with Gasteiger partial charge in [-0.2, -0.15) is 0 Å². The van der Waals surface area contributed by atoms with Gasteiger partial charge in [-0.3, -0.25) is 9.69 Å². The van der Waals surface area contributed by atoms with Gasteiger partial charge in [-0.05, 0) is 55.6 Å². The van der Waals surface area contributed by atoms with Crippen molar-refractivity contribution in [3.8, 4) is 0 Å². The van der Waals surface area contributed by atoms with Gasteiger partial charge in [-0.25, -0.2) is 4.39 Å². The average Bonchev–Trinajstić information content (AvgIpc) is 2.29. The van der Waals surface area contributed by atoms with E-state index in [0.29, 0.717) is 11.6 Å². The van der Waals surface area contributed by atoms with Gasteiger partial charge in [0.05, 0.1) is 0 Å². The molecule has 0 unspecified atom stereocenters. The first-order valence-electron chi connectivity index (χ1n) is 6.42. The van der Waals surface area contributed by atoms with Gasteiger partial charge in [0.25, 0.3) is 0 Å². The van der Waals surface area contributed by atoms with Crippen molar-refractivity contribution in [2.45, 2.75) is 25.8 Å². The zero-order valence-electron chi connectivity index (χ0n) is 10.6. The van der Waals surface area contributed by atoms with Crippen LogP contribution in [0.15, 0.2) is 18.2 Å². The Hall–Kier alpha value is -1.13. The number of rotatable bonds is 4. The molecule has 1 aliphatic heterocycles. The van der Waals surface area contributed by atoms with Gasteiger partial charge in [0.1, 0.15) is 5.82 Å². The highest BCUT2D eigenvalue weighted by molar-refractivity contribution is 6.30. The van der Waals surface area contributed by atoms with E-state index in [1.165, 1.54) is 12.1 Å². The second-order valence-electron chi connectivity index (χ2n) is 5.10. The first-order valence-corrected chi connectivity index (χ1v) is 6.80. The molecule has 104 valence electrons. The normalized spacial score (nSPS) is 17.6. The summed E-state index contributed by atoms with van der Waals surface area (Å²) in [6.07, 6.45) is 2.02. The highest BCUT2D eigenvalue weighted by atomic mass is 35.5. The Labute approximate surface area is 117 Å². The third-order valence-electron chi connectivity index (χ3n) is 3.50. The van der Waals surface area contributed by atoms with Crippen molar-refractivity contribution < 1.29 is 14.3 Å². The molecule has 19 heavy (non-hydrogen) atoms. The molecular weight excluding hydrogens is 269 g/mol. The number of nitrogens with zero attached hydrogens (tertiary/aromatic N) is 1. The van der Waals surface area contributed by atoms with E-state index in [2.05, 4.69) is 4.90 Å². The van der Waals surface area contributed by atoms with Crippen LogP contribution in [0.1, 0.15) is 24.8 Å². The molecule has 1 heterocycles. The fraction of sp³-hybridized carbons (Fsp3) is 0.500. The lowest BCUT2D eigenvalue weighted by atomic mass is 9.93. The smallest absolute Gasteiger partial charge is 0.303 e. The first-order chi connectivity index (χ1) is 9.02. The van der Waals surface area contributed by atoms with Crippen LogP contribution in [-0.4, -0.2) is 29.1 Å². The maximum atomic E-state index is 13.2. The van der Waals surface area contributed by atoms with Gasteiger partial charge >= 0.3 is 5.97 Å². The molecule has 1 aliphatic rings. The van der Waals surface area contributed by atoms with Crippen molar-refractivity contribution in [2.75, 3.05) is 13.1 Å². The molecule has 0 aliphatic carbocycles. The topological polar surface area (TPSA) is 40.5 Å². The summed E-state index contributed by atoms with van der Waals surface area (Å²) in [5, 5.41) is 9.17. The molecule has 2 rings (SSSR count). The van der Waals surface area contributed by atoms with Crippen LogP contribution in [-0.2, 0) is 11.3 Å². The van der Waals surface area contributed by atoms with Crippen LogP contribution in [0.3, 0.4) is 0 Å². The van der Waals surface area contributed by atoms with E-state index in [9.17, 15) is 9.18 Å². The summed E-state index contributed by atoms with van der Waals surface area (Å²) in [4.78, 5) is 12.9. The number of piperidine rings is 1. The van der Waals surface area contributed by atoms with Gasteiger partial charge < -0.3 is 5.11 Å². The molecule has 0 amide bonds. The first kappa shape index (κ1) is 14.3. The van der Waals surface area contributed by atoms with Crippen molar-refractivity contribution in [2.24, 2.45) is 5.92 Å². The van der Waals surface area contributed by atoms with E-state index in [1.807, 2.05) is 0 Å². The van der Waals surface area contributed by atoms with Gasteiger partial charge in [0.2, 0.25) is 0 Å². The SMILES string of the molecule is O=C(O)CC1CCN(Cc2cc(F)cc(Cl)c2)CC1.